The summed E-state index contributed by atoms with van der Waals surface area (Å²) in [6.07, 6.45) is 0.263. The minimum absolute atomic E-state index is 0.0165. The molecule has 0 fully saturated rings. The molecule has 2 N–H and O–H groups in total. The maximum Gasteiger partial charge on any atom is 0.289 e. The van der Waals surface area contributed by atoms with Crippen LogP contribution in [-0.2, 0) is 4.79 Å². The summed E-state index contributed by atoms with van der Waals surface area (Å²) in [6.45, 7) is 0.0871. The first-order valence-corrected chi connectivity index (χ1v) is 8.13. The van der Waals surface area contributed by atoms with E-state index in [0.29, 0.717) is 6.07 Å². The zero-order chi connectivity index (χ0) is 20.0. The smallest absolute Gasteiger partial charge is 0.289 e. The van der Waals surface area contributed by atoms with Gasteiger partial charge in [0.25, 0.3) is 11.6 Å². The molecule has 0 aliphatic rings. The van der Waals surface area contributed by atoms with Gasteiger partial charge in [0.1, 0.15) is 16.7 Å². The summed E-state index contributed by atoms with van der Waals surface area (Å²) >= 11 is 5.69. The number of nitro benzene ring substituents is 1. The number of benzene rings is 2. The summed E-state index contributed by atoms with van der Waals surface area (Å²) in [7, 11) is 0. The largest absolute Gasteiger partial charge is 0.352 e. The van der Waals surface area contributed by atoms with E-state index in [0.717, 1.165) is 18.2 Å². The second-order valence-corrected chi connectivity index (χ2v) is 5.86. The number of hydrogen-bond donors (Lipinski definition) is 2. The number of rotatable bonds is 7. The number of halogens is 3. The van der Waals surface area contributed by atoms with Crippen LogP contribution in [0, 0.1) is 21.7 Å². The van der Waals surface area contributed by atoms with E-state index in [1.54, 1.807) is 0 Å². The predicted molar refractivity (Wildman–Crippen MR) is 94.7 cm³/mol. The van der Waals surface area contributed by atoms with Gasteiger partial charge in [0, 0.05) is 30.8 Å². The highest BCUT2D eigenvalue weighted by Crippen LogP contribution is 2.27. The summed E-state index contributed by atoms with van der Waals surface area (Å²) in [4.78, 5) is 33.8. The van der Waals surface area contributed by atoms with Crippen LogP contribution in [0.15, 0.2) is 36.4 Å². The van der Waals surface area contributed by atoms with Crippen molar-refractivity contribution in [3.8, 4) is 0 Å². The molecular weight excluding hydrogens is 384 g/mol. The maximum atomic E-state index is 13.5. The highest BCUT2D eigenvalue weighted by atomic mass is 35.5. The lowest BCUT2D eigenvalue weighted by Gasteiger charge is -2.07. The van der Waals surface area contributed by atoms with Gasteiger partial charge >= 0.3 is 0 Å². The fourth-order valence-corrected chi connectivity index (χ4v) is 2.36. The van der Waals surface area contributed by atoms with Crippen molar-refractivity contribution in [3.05, 3.63) is 68.7 Å². The Morgan fingerprint density at radius 3 is 2.56 bits per heavy atom. The molecule has 0 radical (unpaired) electrons. The summed E-state index contributed by atoms with van der Waals surface area (Å²) in [5.41, 5.74) is -0.411. The van der Waals surface area contributed by atoms with Crippen LogP contribution < -0.4 is 10.6 Å². The molecule has 0 aliphatic carbocycles. The van der Waals surface area contributed by atoms with Crippen molar-refractivity contribution in [3.63, 3.8) is 0 Å². The molecule has 2 aromatic rings. The molecule has 2 aromatic carbocycles. The van der Waals surface area contributed by atoms with Crippen molar-refractivity contribution in [2.75, 3.05) is 11.9 Å². The number of amides is 2. The fourth-order valence-electron chi connectivity index (χ4n) is 2.17. The van der Waals surface area contributed by atoms with E-state index >= 15 is 0 Å². The van der Waals surface area contributed by atoms with Crippen LogP contribution in [0.4, 0.5) is 20.2 Å². The first kappa shape index (κ1) is 20.2. The van der Waals surface area contributed by atoms with Gasteiger partial charge in [0.2, 0.25) is 5.91 Å². The van der Waals surface area contributed by atoms with Crippen LogP contribution >= 0.6 is 11.6 Å². The monoisotopic (exact) mass is 397 g/mol. The molecule has 0 aliphatic heterocycles. The van der Waals surface area contributed by atoms with Gasteiger partial charge in [-0.05, 0) is 30.7 Å². The van der Waals surface area contributed by atoms with Gasteiger partial charge in [-0.25, -0.2) is 8.78 Å². The number of hydrogen-bond acceptors (Lipinski definition) is 4. The Morgan fingerprint density at radius 2 is 1.89 bits per heavy atom. The lowest BCUT2D eigenvalue weighted by atomic mass is 10.2. The Hall–Kier alpha value is -3.07. The van der Waals surface area contributed by atoms with Crippen molar-refractivity contribution in [2.24, 2.45) is 0 Å². The van der Waals surface area contributed by atoms with Crippen LogP contribution in [0.2, 0.25) is 5.02 Å². The van der Waals surface area contributed by atoms with E-state index in [-0.39, 0.29) is 41.3 Å². The van der Waals surface area contributed by atoms with E-state index < -0.39 is 28.4 Å². The number of nitrogens with one attached hydrogen (secondary N) is 2. The topological polar surface area (TPSA) is 101 Å². The quantitative estimate of drug-likeness (QED) is 0.422. The Morgan fingerprint density at radius 1 is 1.15 bits per heavy atom. The minimum Gasteiger partial charge on any atom is -0.352 e. The Balaban J connectivity index is 1.80. The van der Waals surface area contributed by atoms with Gasteiger partial charge in [-0.2, -0.15) is 0 Å². The number of carbonyl (C=O) groups excluding carboxylic acids is 2. The van der Waals surface area contributed by atoms with Gasteiger partial charge in [0.15, 0.2) is 0 Å². The van der Waals surface area contributed by atoms with Crippen molar-refractivity contribution in [1.29, 1.82) is 0 Å². The lowest BCUT2D eigenvalue weighted by Crippen LogP contribution is -2.26. The third-order valence-corrected chi connectivity index (χ3v) is 3.79. The van der Waals surface area contributed by atoms with Crippen molar-refractivity contribution in [2.45, 2.75) is 12.8 Å². The van der Waals surface area contributed by atoms with Crippen molar-refractivity contribution in [1.82, 2.24) is 5.32 Å². The van der Waals surface area contributed by atoms with Gasteiger partial charge in [-0.3, -0.25) is 19.7 Å². The van der Waals surface area contributed by atoms with Gasteiger partial charge < -0.3 is 10.6 Å². The molecule has 0 heterocycles. The number of nitro groups is 1. The first-order chi connectivity index (χ1) is 12.8. The Kier molecular flexibility index (Phi) is 6.78. The molecule has 2 amide bonds. The van der Waals surface area contributed by atoms with Crippen molar-refractivity contribution >= 4 is 34.8 Å². The maximum absolute atomic E-state index is 13.5. The van der Waals surface area contributed by atoms with Crippen LogP contribution in [0.5, 0.6) is 0 Å². The van der Waals surface area contributed by atoms with Crippen LogP contribution in [0.1, 0.15) is 23.2 Å². The molecule has 0 aromatic heterocycles. The Bertz CT molecular complexity index is 892. The molecule has 0 saturated carbocycles. The highest BCUT2D eigenvalue weighted by molar-refractivity contribution is 6.32. The van der Waals surface area contributed by atoms with Crippen LogP contribution in [-0.4, -0.2) is 23.3 Å². The SMILES string of the molecule is O=C(CCCNC(=O)c1ccc(F)cc1F)Nc1ccc(Cl)c([N+](=O)[O-])c1. The first-order valence-electron chi connectivity index (χ1n) is 7.75. The van der Waals surface area contributed by atoms with E-state index in [1.165, 1.54) is 12.1 Å². The molecule has 10 heteroatoms. The molecule has 0 atom stereocenters. The zero-order valence-corrected chi connectivity index (χ0v) is 14.6. The van der Waals surface area contributed by atoms with Crippen molar-refractivity contribution < 1.29 is 23.3 Å². The van der Waals surface area contributed by atoms with E-state index in [4.69, 9.17) is 11.6 Å². The normalized spacial score (nSPS) is 10.3. The van der Waals surface area contributed by atoms with Gasteiger partial charge in [-0.1, -0.05) is 11.6 Å². The molecule has 0 spiro atoms. The van der Waals surface area contributed by atoms with E-state index in [1.807, 2.05) is 0 Å². The van der Waals surface area contributed by atoms with Gasteiger partial charge in [-0.15, -0.1) is 0 Å². The third-order valence-electron chi connectivity index (χ3n) is 3.47. The van der Waals surface area contributed by atoms with E-state index in [9.17, 15) is 28.5 Å². The summed E-state index contributed by atoms with van der Waals surface area (Å²) in [5.74, 6) is -2.91. The molecular formula is C17H14ClF2N3O4. The number of anilines is 1. The average Bonchev–Trinajstić information content (AvgIpc) is 2.60. The summed E-state index contributed by atoms with van der Waals surface area (Å²) in [6, 6.07) is 6.46. The molecule has 0 bridgehead atoms. The second-order valence-electron chi connectivity index (χ2n) is 5.46. The lowest BCUT2D eigenvalue weighted by molar-refractivity contribution is -0.384. The highest BCUT2D eigenvalue weighted by Gasteiger charge is 2.14. The molecule has 27 heavy (non-hydrogen) atoms. The van der Waals surface area contributed by atoms with Crippen LogP contribution in [0.25, 0.3) is 0 Å². The second kappa shape index (κ2) is 9.04. The Labute approximate surface area is 157 Å². The molecule has 142 valence electrons. The molecule has 0 unspecified atom stereocenters. The summed E-state index contributed by atoms with van der Waals surface area (Å²) < 4.78 is 26.3. The predicted octanol–water partition coefficient (Wildman–Crippen LogP) is 3.68. The third kappa shape index (κ3) is 5.71. The molecule has 2 rings (SSSR count). The molecule has 7 nitrogen and oxygen atoms in total. The zero-order valence-electron chi connectivity index (χ0n) is 13.8. The van der Waals surface area contributed by atoms with Gasteiger partial charge in [0.05, 0.1) is 10.5 Å². The molecule has 0 saturated heterocycles. The van der Waals surface area contributed by atoms with Crippen LogP contribution in [0.3, 0.4) is 0 Å². The minimum atomic E-state index is -0.977. The average molecular weight is 398 g/mol. The number of carbonyl (C=O) groups is 2. The number of nitrogens with zero attached hydrogens (tertiary/aromatic N) is 1. The fraction of sp³-hybridized carbons (Fsp3) is 0.176. The summed E-state index contributed by atoms with van der Waals surface area (Å²) in [5, 5.41) is 15.7. The standard InChI is InChI=1S/C17H14ClF2N3O4/c18-13-6-4-11(9-15(13)23(26)27)22-16(24)2-1-7-21-17(25)12-5-3-10(19)8-14(12)20/h3-6,8-9H,1-2,7H2,(H,21,25)(H,22,24). The van der Waals surface area contributed by atoms with E-state index in [2.05, 4.69) is 10.6 Å².